The maximum atomic E-state index is 13.1. The maximum absolute atomic E-state index is 13.1. The second-order valence-electron chi connectivity index (χ2n) is 5.23. The van der Waals surface area contributed by atoms with E-state index in [9.17, 15) is 31.1 Å². The van der Waals surface area contributed by atoms with Crippen molar-refractivity contribution >= 4 is 38.6 Å². The molecule has 2 aromatic heterocycles. The summed E-state index contributed by atoms with van der Waals surface area (Å²) in [5.74, 6) is -0.360. The number of benzene rings is 1. The molecule has 0 saturated carbocycles. The number of rotatable bonds is 3. The minimum atomic E-state index is -4.97. The number of H-pyrrole nitrogens is 1. The van der Waals surface area contributed by atoms with E-state index in [2.05, 4.69) is 15.0 Å². The van der Waals surface area contributed by atoms with Crippen molar-refractivity contribution in [1.29, 1.82) is 0 Å². The second-order valence-corrected chi connectivity index (χ2v) is 7.23. The van der Waals surface area contributed by atoms with Gasteiger partial charge >= 0.3 is 12.4 Å². The Labute approximate surface area is 154 Å². The van der Waals surface area contributed by atoms with Gasteiger partial charge in [0.15, 0.2) is 15.9 Å². The fraction of sp³-hybridized carbons (Fsp3) is 0.214. The molecule has 1 aromatic carbocycles. The van der Waals surface area contributed by atoms with Crippen LogP contribution in [0.5, 0.6) is 0 Å². The van der Waals surface area contributed by atoms with Gasteiger partial charge < -0.3 is 10.7 Å². The van der Waals surface area contributed by atoms with Crippen LogP contribution in [0.25, 0.3) is 10.3 Å². The van der Waals surface area contributed by atoms with E-state index in [4.69, 9.17) is 5.73 Å². The van der Waals surface area contributed by atoms with Crippen molar-refractivity contribution in [3.63, 3.8) is 0 Å². The molecule has 27 heavy (non-hydrogen) atoms. The molecule has 0 aliphatic carbocycles. The summed E-state index contributed by atoms with van der Waals surface area (Å²) in [5.41, 5.74) is 1.81. The highest BCUT2D eigenvalue weighted by molar-refractivity contribution is 7.98. The van der Waals surface area contributed by atoms with Gasteiger partial charge in [0.2, 0.25) is 0 Å². The lowest BCUT2D eigenvalue weighted by molar-refractivity contribution is -0.143. The number of hydrogen-bond acceptors (Lipinski definition) is 6. The number of aromatic nitrogens is 3. The SMILES string of the molecule is Nc1nc2nc(SCc3ccc(C(F)(F)F)cc3C(F)(F)F)[nH]c(=O)c2s1. The lowest BCUT2D eigenvalue weighted by atomic mass is 10.0. The van der Waals surface area contributed by atoms with Crippen LogP contribution in [0.2, 0.25) is 0 Å². The van der Waals surface area contributed by atoms with E-state index < -0.39 is 29.0 Å². The van der Waals surface area contributed by atoms with Crippen LogP contribution >= 0.6 is 23.1 Å². The predicted octanol–water partition coefficient (Wildman–Crippen LogP) is 4.29. The van der Waals surface area contributed by atoms with Crippen molar-refractivity contribution in [2.24, 2.45) is 0 Å². The molecule has 2 heterocycles. The normalized spacial score (nSPS) is 12.7. The van der Waals surface area contributed by atoms with Gasteiger partial charge in [-0.3, -0.25) is 4.79 Å². The van der Waals surface area contributed by atoms with Gasteiger partial charge in [-0.1, -0.05) is 29.2 Å². The molecule has 0 fully saturated rings. The molecule has 0 aliphatic heterocycles. The van der Waals surface area contributed by atoms with Crippen LogP contribution < -0.4 is 11.3 Å². The molecule has 0 amide bonds. The minimum absolute atomic E-state index is 0.0224. The average Bonchev–Trinajstić information content (AvgIpc) is 2.92. The summed E-state index contributed by atoms with van der Waals surface area (Å²) < 4.78 is 77.7. The number of thioether (sulfide) groups is 1. The predicted molar refractivity (Wildman–Crippen MR) is 88.5 cm³/mol. The highest BCUT2D eigenvalue weighted by Gasteiger charge is 2.38. The number of thiazole rings is 1. The van der Waals surface area contributed by atoms with Crippen molar-refractivity contribution in [3.05, 3.63) is 45.2 Å². The fourth-order valence-corrected chi connectivity index (χ4v) is 3.71. The Morgan fingerprint density at radius 2 is 1.81 bits per heavy atom. The summed E-state index contributed by atoms with van der Waals surface area (Å²) in [5, 5.41) is 0.0815. The fourth-order valence-electron chi connectivity index (χ4n) is 2.19. The number of nitrogens with two attached hydrogens (primary N) is 1. The summed E-state index contributed by atoms with van der Waals surface area (Å²) in [6.07, 6.45) is -9.86. The second kappa shape index (κ2) is 6.71. The van der Waals surface area contributed by atoms with E-state index in [1.54, 1.807) is 0 Å². The van der Waals surface area contributed by atoms with Gasteiger partial charge in [-0.25, -0.2) is 9.97 Å². The van der Waals surface area contributed by atoms with Crippen LogP contribution in [-0.4, -0.2) is 15.0 Å². The topological polar surface area (TPSA) is 84.7 Å². The Hall–Kier alpha value is -2.28. The molecule has 3 aromatic rings. The number of fused-ring (bicyclic) bond motifs is 1. The molecule has 0 spiro atoms. The van der Waals surface area contributed by atoms with Crippen molar-refractivity contribution in [3.8, 4) is 0 Å². The van der Waals surface area contributed by atoms with E-state index in [0.29, 0.717) is 6.07 Å². The standard InChI is InChI=1S/C14H8F6N4OS2/c15-13(16,17)6-2-1-5(7(3-6)14(18,19)20)4-26-12-23-9-8(10(25)24-12)27-11(21)22-9/h1-3H,4H2,(H3,21,22,23,24,25). The zero-order valence-corrected chi connectivity index (χ0v) is 14.5. The van der Waals surface area contributed by atoms with E-state index in [1.807, 2.05) is 0 Å². The largest absolute Gasteiger partial charge is 0.416 e. The number of alkyl halides is 6. The van der Waals surface area contributed by atoms with Gasteiger partial charge in [-0.15, -0.1) is 0 Å². The first-order chi connectivity index (χ1) is 12.4. The van der Waals surface area contributed by atoms with Crippen molar-refractivity contribution < 1.29 is 26.3 Å². The van der Waals surface area contributed by atoms with Crippen LogP contribution in [-0.2, 0) is 18.1 Å². The third kappa shape index (κ3) is 4.18. The van der Waals surface area contributed by atoms with Gasteiger partial charge in [0.1, 0.15) is 4.70 Å². The van der Waals surface area contributed by atoms with Gasteiger partial charge in [0, 0.05) is 5.75 Å². The number of anilines is 1. The molecular weight excluding hydrogens is 418 g/mol. The summed E-state index contributed by atoms with van der Waals surface area (Å²) >= 11 is 1.64. The van der Waals surface area contributed by atoms with Crippen LogP contribution in [0.3, 0.4) is 0 Å². The molecular formula is C14H8F6N4OS2. The number of nitrogens with one attached hydrogen (secondary N) is 1. The summed E-state index contributed by atoms with van der Waals surface area (Å²) in [6, 6.07) is 1.40. The quantitative estimate of drug-likeness (QED) is 0.371. The molecule has 5 nitrogen and oxygen atoms in total. The van der Waals surface area contributed by atoms with Crippen molar-refractivity contribution in [2.45, 2.75) is 23.3 Å². The smallest absolute Gasteiger partial charge is 0.375 e. The van der Waals surface area contributed by atoms with E-state index >= 15 is 0 Å². The van der Waals surface area contributed by atoms with E-state index in [0.717, 1.165) is 29.2 Å². The van der Waals surface area contributed by atoms with Crippen LogP contribution in [0.15, 0.2) is 28.2 Å². The van der Waals surface area contributed by atoms with Crippen LogP contribution in [0.4, 0.5) is 31.5 Å². The summed E-state index contributed by atoms with van der Waals surface area (Å²) in [4.78, 5) is 22.1. The molecule has 0 radical (unpaired) electrons. The molecule has 3 N–H and O–H groups in total. The maximum Gasteiger partial charge on any atom is 0.416 e. The van der Waals surface area contributed by atoms with Crippen molar-refractivity contribution in [1.82, 2.24) is 15.0 Å². The third-order valence-electron chi connectivity index (χ3n) is 3.37. The first-order valence-electron chi connectivity index (χ1n) is 7.01. The van der Waals surface area contributed by atoms with Crippen LogP contribution in [0.1, 0.15) is 16.7 Å². The third-order valence-corrected chi connectivity index (χ3v) is 5.16. The van der Waals surface area contributed by atoms with Gasteiger partial charge in [0.25, 0.3) is 5.56 Å². The number of hydrogen-bond donors (Lipinski definition) is 2. The Morgan fingerprint density at radius 3 is 2.44 bits per heavy atom. The molecule has 0 bridgehead atoms. The zero-order valence-electron chi connectivity index (χ0n) is 12.9. The van der Waals surface area contributed by atoms with Crippen molar-refractivity contribution in [2.75, 3.05) is 5.73 Å². The molecule has 3 rings (SSSR count). The lowest BCUT2D eigenvalue weighted by Gasteiger charge is -2.15. The Balaban J connectivity index is 1.93. The number of aromatic amines is 1. The molecule has 0 atom stereocenters. The molecule has 0 unspecified atom stereocenters. The number of halogens is 6. The van der Waals surface area contributed by atoms with Gasteiger partial charge in [-0.05, 0) is 17.7 Å². The molecule has 144 valence electrons. The first kappa shape index (κ1) is 19.5. The van der Waals surface area contributed by atoms with Gasteiger partial charge in [-0.2, -0.15) is 26.3 Å². The monoisotopic (exact) mass is 426 g/mol. The zero-order chi connectivity index (χ0) is 20.0. The lowest BCUT2D eigenvalue weighted by Crippen LogP contribution is -2.13. The molecule has 0 aliphatic rings. The minimum Gasteiger partial charge on any atom is -0.375 e. The summed E-state index contributed by atoms with van der Waals surface area (Å²) in [7, 11) is 0. The van der Waals surface area contributed by atoms with E-state index in [-0.39, 0.29) is 38.0 Å². The highest BCUT2D eigenvalue weighted by atomic mass is 32.2. The summed E-state index contributed by atoms with van der Waals surface area (Å²) in [6.45, 7) is 0. The Bertz CT molecular complexity index is 1060. The molecule has 13 heteroatoms. The van der Waals surface area contributed by atoms with Gasteiger partial charge in [0.05, 0.1) is 11.1 Å². The first-order valence-corrected chi connectivity index (χ1v) is 8.82. The molecule has 0 saturated heterocycles. The Kier molecular flexibility index (Phi) is 4.84. The number of nitrogens with zero attached hydrogens (tertiary/aromatic N) is 2. The highest BCUT2D eigenvalue weighted by Crippen LogP contribution is 2.38. The average molecular weight is 426 g/mol. The van der Waals surface area contributed by atoms with E-state index in [1.165, 1.54) is 0 Å². The Morgan fingerprint density at radius 1 is 1.11 bits per heavy atom. The number of nitrogen functional groups attached to an aromatic ring is 1. The van der Waals surface area contributed by atoms with Crippen LogP contribution in [0, 0.1) is 0 Å².